The van der Waals surface area contributed by atoms with Gasteiger partial charge in [-0.3, -0.25) is 0 Å². The minimum absolute atomic E-state index is 0.139. The fraction of sp³-hybridized carbons (Fsp3) is 0.400. The van der Waals surface area contributed by atoms with E-state index in [-0.39, 0.29) is 12.1 Å². The summed E-state index contributed by atoms with van der Waals surface area (Å²) in [6.07, 6.45) is 6.35. The zero-order chi connectivity index (χ0) is 13.9. The first-order valence-corrected chi connectivity index (χ1v) is 6.22. The lowest BCUT2D eigenvalue weighted by Gasteiger charge is -2.33. The molecule has 0 saturated carbocycles. The Morgan fingerprint density at radius 3 is 3.11 bits per heavy atom. The molecule has 0 bridgehead atoms. The Balaban J connectivity index is 2.19. The first-order valence-electron chi connectivity index (χ1n) is 6.22. The van der Waals surface area contributed by atoms with Crippen molar-refractivity contribution in [1.29, 1.82) is 0 Å². The molecule has 1 heterocycles. The lowest BCUT2D eigenvalue weighted by Crippen LogP contribution is -2.33. The van der Waals surface area contributed by atoms with Crippen molar-refractivity contribution in [2.75, 3.05) is 6.54 Å². The van der Waals surface area contributed by atoms with E-state index in [1.807, 2.05) is 26.0 Å². The van der Waals surface area contributed by atoms with Crippen LogP contribution in [0.1, 0.15) is 25.8 Å². The van der Waals surface area contributed by atoms with Gasteiger partial charge in [0.25, 0.3) is 0 Å². The average Bonchev–Trinajstić information content (AvgIpc) is 2.36. The standard InChI is InChI=1S/C15H17NO3/c1-4-10-16-14(17)18-12-7-5-6-11-8-9-15(2,3)19-13(11)12/h1,5-7H,8-10H2,2-3H3,(H,16,17). The Morgan fingerprint density at radius 2 is 2.37 bits per heavy atom. The third kappa shape index (κ3) is 3.19. The van der Waals surface area contributed by atoms with Gasteiger partial charge in [0.2, 0.25) is 0 Å². The van der Waals surface area contributed by atoms with Crippen LogP contribution >= 0.6 is 0 Å². The van der Waals surface area contributed by atoms with Crippen molar-refractivity contribution in [3.63, 3.8) is 0 Å². The minimum Gasteiger partial charge on any atom is -0.484 e. The summed E-state index contributed by atoms with van der Waals surface area (Å²) in [5, 5.41) is 2.46. The van der Waals surface area contributed by atoms with Gasteiger partial charge in [-0.1, -0.05) is 18.1 Å². The molecule has 1 aliphatic rings. The topological polar surface area (TPSA) is 47.6 Å². The first-order chi connectivity index (χ1) is 9.02. The monoisotopic (exact) mass is 259 g/mol. The van der Waals surface area contributed by atoms with Gasteiger partial charge in [0.05, 0.1) is 6.54 Å². The van der Waals surface area contributed by atoms with Crippen molar-refractivity contribution in [2.45, 2.75) is 32.3 Å². The van der Waals surface area contributed by atoms with Gasteiger partial charge in [-0.2, -0.15) is 0 Å². The Bertz CT molecular complexity index is 529. The summed E-state index contributed by atoms with van der Waals surface area (Å²) in [5.41, 5.74) is 0.809. The maximum absolute atomic E-state index is 11.5. The van der Waals surface area contributed by atoms with Crippen molar-refractivity contribution in [2.24, 2.45) is 0 Å². The quantitative estimate of drug-likeness (QED) is 0.830. The predicted octanol–water partition coefficient (Wildman–Crippen LogP) is 2.51. The van der Waals surface area contributed by atoms with Crippen LogP contribution in [0.3, 0.4) is 0 Å². The lowest BCUT2D eigenvalue weighted by atomic mass is 9.94. The number of hydrogen-bond acceptors (Lipinski definition) is 3. The molecular weight excluding hydrogens is 242 g/mol. The molecule has 1 aromatic carbocycles. The fourth-order valence-corrected chi connectivity index (χ4v) is 1.98. The summed E-state index contributed by atoms with van der Waals surface area (Å²) >= 11 is 0. The molecule has 0 saturated heterocycles. The van der Waals surface area contributed by atoms with Crippen LogP contribution in [0.5, 0.6) is 11.5 Å². The Kier molecular flexibility index (Phi) is 3.66. The van der Waals surface area contributed by atoms with E-state index in [4.69, 9.17) is 15.9 Å². The summed E-state index contributed by atoms with van der Waals surface area (Å²) in [6, 6.07) is 5.55. The van der Waals surface area contributed by atoms with Gasteiger partial charge in [0.15, 0.2) is 11.5 Å². The molecule has 0 fully saturated rings. The van der Waals surface area contributed by atoms with E-state index >= 15 is 0 Å². The van der Waals surface area contributed by atoms with Crippen LogP contribution in [0.2, 0.25) is 0 Å². The van der Waals surface area contributed by atoms with E-state index in [1.165, 1.54) is 0 Å². The zero-order valence-electron chi connectivity index (χ0n) is 11.2. The number of aryl methyl sites for hydroxylation is 1. The first kappa shape index (κ1) is 13.3. The minimum atomic E-state index is -0.571. The number of nitrogens with one attached hydrogen (secondary N) is 1. The Hall–Kier alpha value is -2.15. The molecule has 1 aliphatic heterocycles. The number of amides is 1. The highest BCUT2D eigenvalue weighted by Crippen LogP contribution is 2.39. The number of carbonyl (C=O) groups excluding carboxylic acids is 1. The van der Waals surface area contributed by atoms with E-state index in [0.717, 1.165) is 18.4 Å². The molecule has 19 heavy (non-hydrogen) atoms. The van der Waals surface area contributed by atoms with Gasteiger partial charge < -0.3 is 14.8 Å². The van der Waals surface area contributed by atoms with Crippen LogP contribution in [0.15, 0.2) is 18.2 Å². The molecule has 4 nitrogen and oxygen atoms in total. The third-order valence-corrected chi connectivity index (χ3v) is 2.97. The second-order valence-corrected chi connectivity index (χ2v) is 5.05. The second-order valence-electron chi connectivity index (χ2n) is 5.05. The third-order valence-electron chi connectivity index (χ3n) is 2.97. The highest BCUT2D eigenvalue weighted by molar-refractivity contribution is 5.72. The molecule has 100 valence electrons. The summed E-state index contributed by atoms with van der Waals surface area (Å²) in [5.74, 6) is 3.39. The number of para-hydroxylation sites is 1. The van der Waals surface area contributed by atoms with Gasteiger partial charge in [-0.15, -0.1) is 6.42 Å². The smallest absolute Gasteiger partial charge is 0.413 e. The summed E-state index contributed by atoms with van der Waals surface area (Å²) in [6.45, 7) is 4.18. The maximum atomic E-state index is 11.5. The van der Waals surface area contributed by atoms with Gasteiger partial charge in [0.1, 0.15) is 5.60 Å². The van der Waals surface area contributed by atoms with Crippen LogP contribution in [0, 0.1) is 12.3 Å². The van der Waals surface area contributed by atoms with E-state index in [2.05, 4.69) is 11.2 Å². The number of ether oxygens (including phenoxy) is 2. The fourth-order valence-electron chi connectivity index (χ4n) is 1.98. The summed E-state index contributed by atoms with van der Waals surface area (Å²) in [7, 11) is 0. The molecule has 2 rings (SSSR count). The average molecular weight is 259 g/mol. The van der Waals surface area contributed by atoms with Crippen LogP contribution in [-0.2, 0) is 6.42 Å². The molecule has 0 atom stereocenters. The molecule has 0 aliphatic carbocycles. The lowest BCUT2D eigenvalue weighted by molar-refractivity contribution is 0.0804. The van der Waals surface area contributed by atoms with Gasteiger partial charge in [-0.25, -0.2) is 4.79 Å². The summed E-state index contributed by atoms with van der Waals surface area (Å²) in [4.78, 5) is 11.5. The van der Waals surface area contributed by atoms with Gasteiger partial charge in [0, 0.05) is 0 Å². The molecule has 0 aromatic heterocycles. The summed E-state index contributed by atoms with van der Waals surface area (Å²) < 4.78 is 11.1. The number of fused-ring (bicyclic) bond motifs is 1. The Morgan fingerprint density at radius 1 is 1.58 bits per heavy atom. The van der Waals surface area contributed by atoms with E-state index in [1.54, 1.807) is 6.07 Å². The van der Waals surface area contributed by atoms with Crippen LogP contribution < -0.4 is 14.8 Å². The molecule has 0 unspecified atom stereocenters. The van der Waals surface area contributed by atoms with Crippen molar-refractivity contribution in [1.82, 2.24) is 5.32 Å². The Labute approximate surface area is 113 Å². The second kappa shape index (κ2) is 5.23. The van der Waals surface area contributed by atoms with E-state index in [0.29, 0.717) is 11.5 Å². The van der Waals surface area contributed by atoms with Gasteiger partial charge in [-0.05, 0) is 38.3 Å². The van der Waals surface area contributed by atoms with E-state index < -0.39 is 6.09 Å². The molecule has 1 aromatic rings. The SMILES string of the molecule is C#CCNC(=O)Oc1cccc2c1OC(C)(C)CC2. The highest BCUT2D eigenvalue weighted by atomic mass is 16.6. The highest BCUT2D eigenvalue weighted by Gasteiger charge is 2.29. The number of hydrogen-bond donors (Lipinski definition) is 1. The number of rotatable bonds is 2. The molecule has 0 spiro atoms. The predicted molar refractivity (Wildman–Crippen MR) is 72.3 cm³/mol. The molecular formula is C15H17NO3. The van der Waals surface area contributed by atoms with Crippen LogP contribution in [0.4, 0.5) is 4.79 Å². The van der Waals surface area contributed by atoms with Crippen LogP contribution in [0.25, 0.3) is 0 Å². The largest absolute Gasteiger partial charge is 0.484 e. The van der Waals surface area contributed by atoms with Crippen molar-refractivity contribution < 1.29 is 14.3 Å². The molecule has 1 N–H and O–H groups in total. The number of terminal acetylenes is 1. The van der Waals surface area contributed by atoms with Crippen molar-refractivity contribution >= 4 is 6.09 Å². The number of benzene rings is 1. The van der Waals surface area contributed by atoms with Gasteiger partial charge >= 0.3 is 6.09 Å². The van der Waals surface area contributed by atoms with Crippen LogP contribution in [-0.4, -0.2) is 18.2 Å². The number of carbonyl (C=O) groups is 1. The molecule has 4 heteroatoms. The molecule has 1 amide bonds. The van der Waals surface area contributed by atoms with Crippen molar-refractivity contribution in [3.8, 4) is 23.8 Å². The molecule has 0 radical (unpaired) electrons. The van der Waals surface area contributed by atoms with Crippen molar-refractivity contribution in [3.05, 3.63) is 23.8 Å². The zero-order valence-corrected chi connectivity index (χ0v) is 11.2. The maximum Gasteiger partial charge on any atom is 0.413 e. The van der Waals surface area contributed by atoms with E-state index in [9.17, 15) is 4.79 Å². The normalized spacial score (nSPS) is 15.6.